The zero-order valence-electron chi connectivity index (χ0n) is 13.5. The fraction of sp³-hybridized carbons (Fsp3) is 0.812. The second-order valence-corrected chi connectivity index (χ2v) is 6.75. The highest BCUT2D eigenvalue weighted by Gasteiger charge is 2.22. The van der Waals surface area contributed by atoms with Crippen LogP contribution in [0.3, 0.4) is 0 Å². The van der Waals surface area contributed by atoms with Crippen LogP contribution in [0, 0.1) is 5.92 Å². The van der Waals surface area contributed by atoms with Crippen LogP contribution >= 0.6 is 0 Å². The molecular weight excluding hydrogens is 238 g/mol. The van der Waals surface area contributed by atoms with Gasteiger partial charge < -0.3 is 14.8 Å². The number of aldehydes is 1. The molecule has 0 saturated heterocycles. The van der Waals surface area contributed by atoms with Gasteiger partial charge in [-0.05, 0) is 46.5 Å². The minimum absolute atomic E-state index is 0.0257. The number of allylic oxidation sites excluding steroid dienone is 1. The van der Waals surface area contributed by atoms with Crippen LogP contribution in [0.1, 0.15) is 60.8 Å². The Morgan fingerprint density at radius 1 is 1.26 bits per heavy atom. The molecule has 3 heteroatoms. The number of hydrogen-bond donors (Lipinski definition) is 1. The van der Waals surface area contributed by atoms with Gasteiger partial charge in [0, 0.05) is 24.3 Å². The first-order valence-corrected chi connectivity index (χ1v) is 7.14. The van der Waals surface area contributed by atoms with E-state index in [9.17, 15) is 4.79 Å². The molecule has 0 rings (SSSR count). The Bertz CT molecular complexity index is 293. The van der Waals surface area contributed by atoms with Crippen LogP contribution < -0.4 is 5.32 Å². The van der Waals surface area contributed by atoms with Crippen LogP contribution in [0.5, 0.6) is 0 Å². The molecule has 0 spiro atoms. The lowest BCUT2D eigenvalue weighted by Gasteiger charge is -2.32. The molecule has 0 bridgehead atoms. The molecule has 0 atom stereocenters. The summed E-state index contributed by atoms with van der Waals surface area (Å²) in [4.78, 5) is 10.4. The van der Waals surface area contributed by atoms with E-state index in [0.717, 1.165) is 24.8 Å². The number of rotatable bonds is 10. The van der Waals surface area contributed by atoms with Gasteiger partial charge in [0.1, 0.15) is 6.29 Å². The Kier molecular flexibility index (Phi) is 7.35. The standard InChI is InChI=1S/C16H31NO2/c1-13(2)14(3)17-15(4,5)10-12-19-16(6,7)9-8-11-18/h11,13,17H,3,8-10,12H2,1-2,4-7H3. The molecule has 0 heterocycles. The maximum atomic E-state index is 10.4. The van der Waals surface area contributed by atoms with Crippen LogP contribution in [0.4, 0.5) is 0 Å². The van der Waals surface area contributed by atoms with Crippen LogP contribution in [0.2, 0.25) is 0 Å². The van der Waals surface area contributed by atoms with Gasteiger partial charge in [0.15, 0.2) is 0 Å². The van der Waals surface area contributed by atoms with Crippen LogP contribution in [-0.4, -0.2) is 24.0 Å². The molecule has 3 nitrogen and oxygen atoms in total. The lowest BCUT2D eigenvalue weighted by atomic mass is 9.98. The van der Waals surface area contributed by atoms with Gasteiger partial charge in [-0.25, -0.2) is 0 Å². The van der Waals surface area contributed by atoms with E-state index in [2.05, 4.69) is 39.6 Å². The summed E-state index contributed by atoms with van der Waals surface area (Å²) in [6.45, 7) is 17.4. The SMILES string of the molecule is C=C(NC(C)(C)CCOC(C)(C)CCC=O)C(C)C. The molecule has 0 aromatic carbocycles. The monoisotopic (exact) mass is 269 g/mol. The van der Waals surface area contributed by atoms with E-state index >= 15 is 0 Å². The normalized spacial score (nSPS) is 12.6. The summed E-state index contributed by atoms with van der Waals surface area (Å²) < 4.78 is 5.88. The highest BCUT2D eigenvalue weighted by Crippen LogP contribution is 2.19. The Balaban J connectivity index is 4.10. The van der Waals surface area contributed by atoms with Crippen molar-refractivity contribution in [3.63, 3.8) is 0 Å². The Labute approximate surface area is 118 Å². The smallest absolute Gasteiger partial charge is 0.120 e. The number of carbonyl (C=O) groups is 1. The van der Waals surface area contributed by atoms with E-state index < -0.39 is 0 Å². The molecule has 19 heavy (non-hydrogen) atoms. The lowest BCUT2D eigenvalue weighted by Crippen LogP contribution is -2.41. The highest BCUT2D eigenvalue weighted by atomic mass is 16.5. The molecule has 0 aliphatic carbocycles. The molecule has 112 valence electrons. The van der Waals surface area contributed by atoms with E-state index in [-0.39, 0.29) is 11.1 Å². The number of hydrogen-bond acceptors (Lipinski definition) is 3. The lowest BCUT2D eigenvalue weighted by molar-refractivity contribution is -0.109. The molecule has 0 unspecified atom stereocenters. The summed E-state index contributed by atoms with van der Waals surface area (Å²) in [6.07, 6.45) is 3.17. The van der Waals surface area contributed by atoms with Crippen LogP contribution in [0.25, 0.3) is 0 Å². The van der Waals surface area contributed by atoms with Gasteiger partial charge in [-0.3, -0.25) is 0 Å². The molecule has 0 aromatic heterocycles. The quantitative estimate of drug-likeness (QED) is 0.615. The fourth-order valence-corrected chi connectivity index (χ4v) is 1.70. The van der Waals surface area contributed by atoms with E-state index in [0.29, 0.717) is 18.9 Å². The highest BCUT2D eigenvalue weighted by molar-refractivity contribution is 5.49. The molecule has 0 aliphatic heterocycles. The third-order valence-corrected chi connectivity index (χ3v) is 3.28. The topological polar surface area (TPSA) is 38.3 Å². The van der Waals surface area contributed by atoms with Gasteiger partial charge >= 0.3 is 0 Å². The van der Waals surface area contributed by atoms with Crippen molar-refractivity contribution in [2.45, 2.75) is 71.9 Å². The van der Waals surface area contributed by atoms with Crippen LogP contribution in [-0.2, 0) is 9.53 Å². The summed E-state index contributed by atoms with van der Waals surface area (Å²) in [5.74, 6) is 0.434. The van der Waals surface area contributed by atoms with Crippen molar-refractivity contribution >= 4 is 6.29 Å². The van der Waals surface area contributed by atoms with Crippen molar-refractivity contribution in [2.75, 3.05) is 6.61 Å². The number of carbonyl (C=O) groups excluding carboxylic acids is 1. The zero-order valence-corrected chi connectivity index (χ0v) is 13.5. The average Bonchev–Trinajstić information content (AvgIpc) is 2.25. The van der Waals surface area contributed by atoms with Gasteiger partial charge in [0.2, 0.25) is 0 Å². The second-order valence-electron chi connectivity index (χ2n) is 6.75. The summed E-state index contributed by atoms with van der Waals surface area (Å²) in [7, 11) is 0. The predicted octanol–water partition coefficient (Wildman–Crippen LogP) is 3.69. The van der Waals surface area contributed by atoms with Crippen molar-refractivity contribution in [1.29, 1.82) is 0 Å². The maximum absolute atomic E-state index is 10.4. The molecule has 0 aliphatic rings. The second kappa shape index (κ2) is 7.68. The van der Waals surface area contributed by atoms with E-state index in [1.807, 2.05) is 13.8 Å². The summed E-state index contributed by atoms with van der Waals surface area (Å²) in [5.41, 5.74) is 0.805. The summed E-state index contributed by atoms with van der Waals surface area (Å²) in [6, 6.07) is 0. The average molecular weight is 269 g/mol. The summed E-state index contributed by atoms with van der Waals surface area (Å²) in [5, 5.41) is 3.45. The third kappa shape index (κ3) is 8.82. The minimum atomic E-state index is -0.230. The van der Waals surface area contributed by atoms with Crippen molar-refractivity contribution in [1.82, 2.24) is 5.32 Å². The molecule has 0 saturated carbocycles. The molecule has 0 fully saturated rings. The van der Waals surface area contributed by atoms with Crippen molar-refractivity contribution < 1.29 is 9.53 Å². The first-order valence-electron chi connectivity index (χ1n) is 7.14. The third-order valence-electron chi connectivity index (χ3n) is 3.28. The molecule has 1 N–H and O–H groups in total. The molecule has 0 amide bonds. The minimum Gasteiger partial charge on any atom is -0.384 e. The van der Waals surface area contributed by atoms with Gasteiger partial charge in [0.05, 0.1) is 5.60 Å². The summed E-state index contributed by atoms with van der Waals surface area (Å²) >= 11 is 0. The largest absolute Gasteiger partial charge is 0.384 e. The first-order chi connectivity index (χ1) is 8.59. The van der Waals surface area contributed by atoms with Crippen molar-refractivity contribution in [3.05, 3.63) is 12.3 Å². The first kappa shape index (κ1) is 18.2. The Hall–Kier alpha value is -0.830. The fourth-order valence-electron chi connectivity index (χ4n) is 1.70. The van der Waals surface area contributed by atoms with Gasteiger partial charge in [-0.1, -0.05) is 20.4 Å². The van der Waals surface area contributed by atoms with E-state index in [1.165, 1.54) is 0 Å². The molecular formula is C16H31NO2. The van der Waals surface area contributed by atoms with E-state index in [1.54, 1.807) is 0 Å². The number of ether oxygens (including phenoxy) is 1. The van der Waals surface area contributed by atoms with Gasteiger partial charge in [-0.15, -0.1) is 0 Å². The van der Waals surface area contributed by atoms with Crippen LogP contribution in [0.15, 0.2) is 12.3 Å². The van der Waals surface area contributed by atoms with Crippen molar-refractivity contribution in [3.8, 4) is 0 Å². The molecule has 0 aromatic rings. The Morgan fingerprint density at radius 2 is 1.84 bits per heavy atom. The molecule has 0 radical (unpaired) electrons. The Morgan fingerprint density at radius 3 is 2.32 bits per heavy atom. The number of nitrogens with one attached hydrogen (secondary N) is 1. The van der Waals surface area contributed by atoms with Gasteiger partial charge in [0.25, 0.3) is 0 Å². The van der Waals surface area contributed by atoms with E-state index in [4.69, 9.17) is 4.74 Å². The van der Waals surface area contributed by atoms with Gasteiger partial charge in [-0.2, -0.15) is 0 Å². The zero-order chi connectivity index (χ0) is 15.1. The predicted molar refractivity (Wildman–Crippen MR) is 81.1 cm³/mol. The van der Waals surface area contributed by atoms with Crippen molar-refractivity contribution in [2.24, 2.45) is 5.92 Å². The maximum Gasteiger partial charge on any atom is 0.120 e.